The average molecular weight is 218 g/mol. The minimum atomic E-state index is -0.0277. The van der Waals surface area contributed by atoms with Crippen LogP contribution in [-0.2, 0) is 0 Å². The first kappa shape index (κ1) is 10.9. The van der Waals surface area contributed by atoms with Crippen molar-refractivity contribution in [2.75, 3.05) is 24.3 Å². The molecule has 0 aliphatic carbocycles. The smallest absolute Gasteiger partial charge is 0.225 e. The van der Waals surface area contributed by atoms with Crippen molar-refractivity contribution in [1.29, 1.82) is 0 Å². The SMILES string of the molecule is CC1=CC(C)(C)Nc2cnc(N(C)C)nc21. The number of nitrogens with zero attached hydrogens (tertiary/aromatic N) is 3. The summed E-state index contributed by atoms with van der Waals surface area (Å²) in [5, 5.41) is 3.41. The number of aromatic nitrogens is 2. The Morgan fingerprint density at radius 1 is 1.31 bits per heavy atom. The molecule has 2 heterocycles. The highest BCUT2D eigenvalue weighted by atomic mass is 15.2. The lowest BCUT2D eigenvalue weighted by Gasteiger charge is -2.30. The molecule has 0 unspecified atom stereocenters. The fraction of sp³-hybridized carbons (Fsp3) is 0.500. The van der Waals surface area contributed by atoms with Crippen LogP contribution < -0.4 is 10.2 Å². The van der Waals surface area contributed by atoms with Crippen molar-refractivity contribution >= 4 is 17.2 Å². The fourth-order valence-electron chi connectivity index (χ4n) is 1.97. The molecule has 1 aromatic heterocycles. The van der Waals surface area contributed by atoms with Crippen molar-refractivity contribution in [2.45, 2.75) is 26.3 Å². The molecule has 1 aliphatic heterocycles. The first-order valence-electron chi connectivity index (χ1n) is 5.41. The van der Waals surface area contributed by atoms with E-state index in [0.717, 1.165) is 17.3 Å². The Balaban J connectivity index is 2.50. The Morgan fingerprint density at radius 2 is 2.00 bits per heavy atom. The summed E-state index contributed by atoms with van der Waals surface area (Å²) in [5.41, 5.74) is 3.18. The molecule has 1 aliphatic rings. The lowest BCUT2D eigenvalue weighted by molar-refractivity contribution is 0.703. The van der Waals surface area contributed by atoms with Gasteiger partial charge in [-0.1, -0.05) is 6.08 Å². The molecule has 16 heavy (non-hydrogen) atoms. The highest BCUT2D eigenvalue weighted by Gasteiger charge is 2.24. The summed E-state index contributed by atoms with van der Waals surface area (Å²) < 4.78 is 0. The van der Waals surface area contributed by atoms with Gasteiger partial charge in [-0.05, 0) is 26.3 Å². The van der Waals surface area contributed by atoms with E-state index in [-0.39, 0.29) is 5.54 Å². The molecule has 0 saturated carbocycles. The number of anilines is 2. The van der Waals surface area contributed by atoms with Crippen LogP contribution in [0.25, 0.3) is 5.57 Å². The van der Waals surface area contributed by atoms with Gasteiger partial charge in [-0.3, -0.25) is 0 Å². The van der Waals surface area contributed by atoms with E-state index in [1.807, 2.05) is 25.2 Å². The molecule has 0 bridgehead atoms. The highest BCUT2D eigenvalue weighted by Crippen LogP contribution is 2.32. The third-order valence-corrected chi connectivity index (χ3v) is 2.58. The molecule has 4 heteroatoms. The van der Waals surface area contributed by atoms with E-state index < -0.39 is 0 Å². The summed E-state index contributed by atoms with van der Waals surface area (Å²) >= 11 is 0. The van der Waals surface area contributed by atoms with Crippen LogP contribution in [0.1, 0.15) is 26.5 Å². The van der Waals surface area contributed by atoms with Gasteiger partial charge in [-0.15, -0.1) is 0 Å². The van der Waals surface area contributed by atoms with Gasteiger partial charge in [-0.2, -0.15) is 0 Å². The van der Waals surface area contributed by atoms with E-state index in [2.05, 4.69) is 42.1 Å². The minimum absolute atomic E-state index is 0.0277. The third kappa shape index (κ3) is 1.87. The van der Waals surface area contributed by atoms with Crippen molar-refractivity contribution < 1.29 is 0 Å². The quantitative estimate of drug-likeness (QED) is 0.784. The van der Waals surface area contributed by atoms with Crippen LogP contribution in [0.3, 0.4) is 0 Å². The minimum Gasteiger partial charge on any atom is -0.374 e. The van der Waals surface area contributed by atoms with Gasteiger partial charge < -0.3 is 10.2 Å². The number of hydrogen-bond acceptors (Lipinski definition) is 4. The standard InChI is InChI=1S/C12H18N4/c1-8-6-12(2,3)15-9-7-13-11(16(4)5)14-10(8)9/h6-7,15H,1-5H3. The Morgan fingerprint density at radius 3 is 2.62 bits per heavy atom. The van der Waals surface area contributed by atoms with Crippen LogP contribution in [0.5, 0.6) is 0 Å². The Kier molecular flexibility index (Phi) is 2.37. The summed E-state index contributed by atoms with van der Waals surface area (Å²) in [7, 11) is 3.89. The lowest BCUT2D eigenvalue weighted by atomic mass is 9.95. The maximum Gasteiger partial charge on any atom is 0.225 e. The van der Waals surface area contributed by atoms with Crippen molar-refractivity contribution in [3.8, 4) is 0 Å². The predicted octanol–water partition coefficient (Wildman–Crippen LogP) is 2.15. The number of hydrogen-bond donors (Lipinski definition) is 1. The topological polar surface area (TPSA) is 41.1 Å². The second-order valence-corrected chi connectivity index (χ2v) is 5.00. The largest absolute Gasteiger partial charge is 0.374 e. The summed E-state index contributed by atoms with van der Waals surface area (Å²) in [6.07, 6.45) is 4.05. The predicted molar refractivity (Wildman–Crippen MR) is 67.7 cm³/mol. The van der Waals surface area contributed by atoms with Crippen LogP contribution >= 0.6 is 0 Å². The van der Waals surface area contributed by atoms with E-state index in [1.165, 1.54) is 5.57 Å². The van der Waals surface area contributed by atoms with E-state index >= 15 is 0 Å². The second-order valence-electron chi connectivity index (χ2n) is 5.00. The van der Waals surface area contributed by atoms with Gasteiger partial charge in [0.2, 0.25) is 5.95 Å². The number of allylic oxidation sites excluding steroid dienone is 1. The molecule has 1 N–H and O–H groups in total. The van der Waals surface area contributed by atoms with Gasteiger partial charge in [0.05, 0.1) is 23.1 Å². The lowest BCUT2D eigenvalue weighted by Crippen LogP contribution is -2.32. The molecule has 0 spiro atoms. The summed E-state index contributed by atoms with van der Waals surface area (Å²) in [6.45, 7) is 6.37. The Labute approximate surface area is 96.4 Å². The van der Waals surface area contributed by atoms with Gasteiger partial charge in [-0.25, -0.2) is 9.97 Å². The first-order chi connectivity index (χ1) is 7.39. The molecular weight excluding hydrogens is 200 g/mol. The molecule has 0 atom stereocenters. The molecular formula is C12H18N4. The summed E-state index contributed by atoms with van der Waals surface area (Å²) in [5.74, 6) is 0.744. The van der Waals surface area contributed by atoms with Gasteiger partial charge >= 0.3 is 0 Å². The molecule has 0 radical (unpaired) electrons. The fourth-order valence-corrected chi connectivity index (χ4v) is 1.97. The molecule has 0 amide bonds. The zero-order chi connectivity index (χ0) is 11.9. The average Bonchev–Trinajstić information content (AvgIpc) is 2.15. The van der Waals surface area contributed by atoms with Crippen LogP contribution in [-0.4, -0.2) is 29.6 Å². The van der Waals surface area contributed by atoms with Crippen LogP contribution in [0.4, 0.5) is 11.6 Å². The Hall–Kier alpha value is -1.58. The number of fused-ring (bicyclic) bond motifs is 1. The van der Waals surface area contributed by atoms with Crippen LogP contribution in [0, 0.1) is 0 Å². The molecule has 0 saturated heterocycles. The monoisotopic (exact) mass is 218 g/mol. The zero-order valence-corrected chi connectivity index (χ0v) is 10.5. The number of nitrogens with one attached hydrogen (secondary N) is 1. The van der Waals surface area contributed by atoms with Crippen molar-refractivity contribution in [3.63, 3.8) is 0 Å². The van der Waals surface area contributed by atoms with Gasteiger partial charge in [0, 0.05) is 14.1 Å². The molecule has 2 rings (SSSR count). The summed E-state index contributed by atoms with van der Waals surface area (Å²) in [6, 6.07) is 0. The van der Waals surface area contributed by atoms with Crippen LogP contribution in [0.15, 0.2) is 12.3 Å². The van der Waals surface area contributed by atoms with E-state index in [9.17, 15) is 0 Å². The van der Waals surface area contributed by atoms with Gasteiger partial charge in [0.15, 0.2) is 0 Å². The maximum atomic E-state index is 4.54. The normalized spacial score (nSPS) is 17.2. The summed E-state index contributed by atoms with van der Waals surface area (Å²) in [4.78, 5) is 10.8. The highest BCUT2D eigenvalue weighted by molar-refractivity contribution is 5.77. The molecule has 86 valence electrons. The molecule has 4 nitrogen and oxygen atoms in total. The second kappa shape index (κ2) is 3.47. The van der Waals surface area contributed by atoms with Crippen LogP contribution in [0.2, 0.25) is 0 Å². The van der Waals surface area contributed by atoms with Crippen molar-refractivity contribution in [2.24, 2.45) is 0 Å². The van der Waals surface area contributed by atoms with E-state index in [4.69, 9.17) is 0 Å². The zero-order valence-electron chi connectivity index (χ0n) is 10.5. The molecule has 0 fully saturated rings. The van der Waals surface area contributed by atoms with Crippen molar-refractivity contribution in [1.82, 2.24) is 9.97 Å². The van der Waals surface area contributed by atoms with Gasteiger partial charge in [0.25, 0.3) is 0 Å². The van der Waals surface area contributed by atoms with Gasteiger partial charge in [0.1, 0.15) is 0 Å². The maximum absolute atomic E-state index is 4.54. The van der Waals surface area contributed by atoms with Crippen molar-refractivity contribution in [3.05, 3.63) is 18.0 Å². The molecule has 0 aromatic carbocycles. The third-order valence-electron chi connectivity index (χ3n) is 2.58. The Bertz CT molecular complexity index is 446. The number of rotatable bonds is 1. The van der Waals surface area contributed by atoms with E-state index in [0.29, 0.717) is 0 Å². The van der Waals surface area contributed by atoms with E-state index in [1.54, 1.807) is 0 Å². The first-order valence-corrected chi connectivity index (χ1v) is 5.41. The molecule has 1 aromatic rings.